The number of carboxylic acids is 1. The molecule has 0 aromatic rings. The zero-order chi connectivity index (χ0) is 10.9. The number of aliphatic carboxylic acids is 1. The number of carbonyl (C=O) groups is 1. The van der Waals surface area contributed by atoms with E-state index in [1.807, 2.05) is 6.92 Å². The van der Waals surface area contributed by atoms with Crippen LogP contribution in [0.5, 0.6) is 0 Å². The zero-order valence-corrected chi connectivity index (χ0v) is 9.41. The fourth-order valence-corrected chi connectivity index (χ4v) is 3.05. The van der Waals surface area contributed by atoms with Crippen molar-refractivity contribution in [3.05, 3.63) is 12.2 Å². The Morgan fingerprint density at radius 2 is 2.47 bits per heavy atom. The molecule has 1 fully saturated rings. The standard InChI is InChI=1S/C13H20O2/c1-10(12(14)15)3-2-6-13-7-4-11(9-13)5-8-13/h4,7,10-11H,2-3,5-6,8-9H2,1H3,(H,14,15). The molecule has 2 heteroatoms. The molecule has 3 atom stereocenters. The summed E-state index contributed by atoms with van der Waals surface area (Å²) in [7, 11) is 0. The summed E-state index contributed by atoms with van der Waals surface area (Å²) in [5.74, 6) is 0.00430. The van der Waals surface area contributed by atoms with Crippen LogP contribution in [0.15, 0.2) is 12.2 Å². The summed E-state index contributed by atoms with van der Waals surface area (Å²) in [5.41, 5.74) is 0.461. The van der Waals surface area contributed by atoms with E-state index in [2.05, 4.69) is 12.2 Å². The number of hydrogen-bond acceptors (Lipinski definition) is 1. The first-order valence-corrected chi connectivity index (χ1v) is 6.03. The molecule has 2 rings (SSSR count). The van der Waals surface area contributed by atoms with Crippen LogP contribution in [0.1, 0.15) is 45.4 Å². The molecular formula is C13H20O2. The van der Waals surface area contributed by atoms with Crippen LogP contribution < -0.4 is 0 Å². The van der Waals surface area contributed by atoms with Gasteiger partial charge in [-0.1, -0.05) is 25.5 Å². The van der Waals surface area contributed by atoms with Crippen LogP contribution in [0.2, 0.25) is 0 Å². The zero-order valence-electron chi connectivity index (χ0n) is 9.41. The minimum Gasteiger partial charge on any atom is -0.481 e. The van der Waals surface area contributed by atoms with Gasteiger partial charge in [-0.05, 0) is 43.4 Å². The Kier molecular flexibility index (Phi) is 2.85. The van der Waals surface area contributed by atoms with Gasteiger partial charge in [-0.25, -0.2) is 0 Å². The van der Waals surface area contributed by atoms with Crippen LogP contribution in [-0.2, 0) is 4.79 Å². The molecule has 84 valence electrons. The van der Waals surface area contributed by atoms with E-state index in [1.165, 1.54) is 25.7 Å². The first-order valence-electron chi connectivity index (χ1n) is 6.03. The average Bonchev–Trinajstić information content (AvgIpc) is 2.77. The van der Waals surface area contributed by atoms with Gasteiger partial charge in [0.25, 0.3) is 0 Å². The average molecular weight is 208 g/mol. The summed E-state index contributed by atoms with van der Waals surface area (Å²) < 4.78 is 0. The largest absolute Gasteiger partial charge is 0.481 e. The second-order valence-electron chi connectivity index (χ2n) is 5.36. The van der Waals surface area contributed by atoms with E-state index >= 15 is 0 Å². The smallest absolute Gasteiger partial charge is 0.306 e. The van der Waals surface area contributed by atoms with Gasteiger partial charge in [0.2, 0.25) is 0 Å². The third kappa shape index (κ3) is 2.24. The van der Waals surface area contributed by atoms with Gasteiger partial charge >= 0.3 is 5.97 Å². The Hall–Kier alpha value is -0.790. The molecule has 2 aliphatic carbocycles. The van der Waals surface area contributed by atoms with Crippen molar-refractivity contribution >= 4 is 5.97 Å². The highest BCUT2D eigenvalue weighted by Crippen LogP contribution is 2.52. The minimum atomic E-state index is -0.654. The molecule has 0 saturated heterocycles. The van der Waals surface area contributed by atoms with Crippen LogP contribution in [0.4, 0.5) is 0 Å². The maximum Gasteiger partial charge on any atom is 0.306 e. The third-order valence-electron chi connectivity index (χ3n) is 4.14. The van der Waals surface area contributed by atoms with Gasteiger partial charge in [0.15, 0.2) is 0 Å². The van der Waals surface area contributed by atoms with Crippen LogP contribution in [0.25, 0.3) is 0 Å². The molecule has 0 amide bonds. The maximum absolute atomic E-state index is 10.7. The summed E-state index contributed by atoms with van der Waals surface area (Å²) in [5, 5.41) is 8.79. The highest BCUT2D eigenvalue weighted by Gasteiger charge is 2.39. The lowest BCUT2D eigenvalue weighted by molar-refractivity contribution is -0.141. The number of carboxylic acid groups (broad SMARTS) is 1. The Labute approximate surface area is 91.4 Å². The predicted molar refractivity (Wildman–Crippen MR) is 59.6 cm³/mol. The highest BCUT2D eigenvalue weighted by atomic mass is 16.4. The number of allylic oxidation sites excluding steroid dienone is 2. The summed E-state index contributed by atoms with van der Waals surface area (Å²) in [4.78, 5) is 10.7. The lowest BCUT2D eigenvalue weighted by Gasteiger charge is -2.23. The normalized spacial score (nSPS) is 34.6. The molecule has 3 unspecified atom stereocenters. The fourth-order valence-electron chi connectivity index (χ4n) is 3.05. The van der Waals surface area contributed by atoms with Gasteiger partial charge in [0.05, 0.1) is 5.92 Å². The molecule has 0 radical (unpaired) electrons. The van der Waals surface area contributed by atoms with E-state index in [0.29, 0.717) is 5.41 Å². The van der Waals surface area contributed by atoms with Crippen LogP contribution >= 0.6 is 0 Å². The van der Waals surface area contributed by atoms with E-state index < -0.39 is 5.97 Å². The Morgan fingerprint density at radius 3 is 2.93 bits per heavy atom. The Balaban J connectivity index is 1.75. The lowest BCUT2D eigenvalue weighted by atomic mass is 9.82. The first kappa shape index (κ1) is 10.7. The van der Waals surface area contributed by atoms with Crippen molar-refractivity contribution in [1.29, 1.82) is 0 Å². The first-order chi connectivity index (χ1) is 7.11. The van der Waals surface area contributed by atoms with E-state index in [-0.39, 0.29) is 5.92 Å². The Morgan fingerprint density at radius 1 is 1.67 bits per heavy atom. The number of fused-ring (bicyclic) bond motifs is 2. The number of rotatable bonds is 5. The molecule has 1 N–H and O–H groups in total. The molecular weight excluding hydrogens is 188 g/mol. The molecule has 2 nitrogen and oxygen atoms in total. The van der Waals surface area contributed by atoms with E-state index in [9.17, 15) is 4.79 Å². The molecule has 15 heavy (non-hydrogen) atoms. The lowest BCUT2D eigenvalue weighted by Crippen LogP contribution is -2.14. The topological polar surface area (TPSA) is 37.3 Å². The summed E-state index contributed by atoms with van der Waals surface area (Å²) >= 11 is 0. The van der Waals surface area contributed by atoms with Crippen molar-refractivity contribution in [3.63, 3.8) is 0 Å². The Bertz CT molecular complexity index is 282. The molecule has 0 aromatic carbocycles. The maximum atomic E-state index is 10.7. The van der Waals surface area contributed by atoms with Crippen molar-refractivity contribution in [2.75, 3.05) is 0 Å². The minimum absolute atomic E-state index is 0.177. The highest BCUT2D eigenvalue weighted by molar-refractivity contribution is 5.69. The SMILES string of the molecule is CC(CCCC12C=CC(CC1)C2)C(=O)O. The molecule has 0 aromatic heterocycles. The number of hydrogen-bond donors (Lipinski definition) is 1. The molecule has 0 aliphatic heterocycles. The van der Waals surface area contributed by atoms with Gasteiger partial charge in [-0.15, -0.1) is 0 Å². The molecule has 0 heterocycles. The predicted octanol–water partition coefficient (Wildman–Crippen LogP) is 3.23. The molecule has 2 bridgehead atoms. The summed E-state index contributed by atoms with van der Waals surface area (Å²) in [6.07, 6.45) is 11.9. The van der Waals surface area contributed by atoms with Crippen molar-refractivity contribution in [3.8, 4) is 0 Å². The fraction of sp³-hybridized carbons (Fsp3) is 0.769. The van der Waals surface area contributed by atoms with Crippen LogP contribution in [0.3, 0.4) is 0 Å². The van der Waals surface area contributed by atoms with Crippen molar-refractivity contribution < 1.29 is 9.90 Å². The second-order valence-corrected chi connectivity index (χ2v) is 5.36. The molecule has 0 spiro atoms. The molecule has 2 aliphatic rings. The quantitative estimate of drug-likeness (QED) is 0.704. The summed E-state index contributed by atoms with van der Waals surface area (Å²) in [6, 6.07) is 0. The van der Waals surface area contributed by atoms with Gasteiger partial charge < -0.3 is 5.11 Å². The third-order valence-corrected chi connectivity index (χ3v) is 4.14. The van der Waals surface area contributed by atoms with Crippen molar-refractivity contribution in [2.24, 2.45) is 17.3 Å². The van der Waals surface area contributed by atoms with Gasteiger partial charge in [0, 0.05) is 0 Å². The van der Waals surface area contributed by atoms with Crippen LogP contribution in [-0.4, -0.2) is 11.1 Å². The van der Waals surface area contributed by atoms with Gasteiger partial charge in [-0.2, -0.15) is 0 Å². The van der Waals surface area contributed by atoms with E-state index in [4.69, 9.17) is 5.11 Å². The van der Waals surface area contributed by atoms with Gasteiger partial charge in [-0.3, -0.25) is 4.79 Å². The van der Waals surface area contributed by atoms with E-state index in [1.54, 1.807) is 0 Å². The van der Waals surface area contributed by atoms with E-state index in [0.717, 1.165) is 18.8 Å². The van der Waals surface area contributed by atoms with Crippen molar-refractivity contribution in [2.45, 2.75) is 45.4 Å². The summed E-state index contributed by atoms with van der Waals surface area (Å²) in [6.45, 7) is 1.81. The van der Waals surface area contributed by atoms with Crippen LogP contribution in [0, 0.1) is 17.3 Å². The molecule has 1 saturated carbocycles. The second kappa shape index (κ2) is 3.99. The van der Waals surface area contributed by atoms with Crippen molar-refractivity contribution in [1.82, 2.24) is 0 Å². The van der Waals surface area contributed by atoms with Gasteiger partial charge in [0.1, 0.15) is 0 Å². The monoisotopic (exact) mass is 208 g/mol.